The molecule has 1 saturated heterocycles. The van der Waals surface area contributed by atoms with Gasteiger partial charge in [0.2, 0.25) is 11.8 Å². The maximum atomic E-state index is 12.9. The maximum absolute atomic E-state index is 12.9. The van der Waals surface area contributed by atoms with Crippen LogP contribution in [0.5, 0.6) is 0 Å². The number of nitrogens with one attached hydrogen (secondary N) is 1. The minimum atomic E-state index is -1.19. The average molecular weight is 450 g/mol. The summed E-state index contributed by atoms with van der Waals surface area (Å²) >= 11 is 0. The summed E-state index contributed by atoms with van der Waals surface area (Å²) in [5.74, 6) is -4.30. The van der Waals surface area contributed by atoms with Crippen LogP contribution in [0.1, 0.15) is 23.2 Å². The zero-order valence-corrected chi connectivity index (χ0v) is 12.9. The number of imide groups is 1. The molecule has 3 amide bonds. The third kappa shape index (κ3) is 3.69. The molecule has 1 aliphatic heterocycles. The van der Waals surface area contributed by atoms with Crippen LogP contribution >= 0.6 is 0 Å². The van der Waals surface area contributed by atoms with Crippen LogP contribution in [-0.2, 0) is 30.7 Å². The van der Waals surface area contributed by atoms with Crippen LogP contribution in [0.2, 0.25) is 0 Å². The van der Waals surface area contributed by atoms with Crippen molar-refractivity contribution in [2.45, 2.75) is 18.9 Å². The van der Waals surface area contributed by atoms with Crippen LogP contribution in [-0.4, -0.2) is 23.8 Å². The van der Waals surface area contributed by atoms with Gasteiger partial charge in [-0.2, -0.15) is 0 Å². The fraction of sp³-hybridized carbons (Fsp3) is 0.250. The van der Waals surface area contributed by atoms with Gasteiger partial charge in [0, 0.05) is 6.42 Å². The topological polar surface area (TPSA) is 77.3 Å². The Kier molecular flexibility index (Phi) is 5.50. The number of nitrogens with zero attached hydrogens (tertiary/aromatic N) is 1. The van der Waals surface area contributed by atoms with Crippen LogP contribution in [0.15, 0.2) is 12.1 Å². The monoisotopic (exact) mass is 450 g/mol. The largest absolute Gasteiger partial charge is 2.00 e. The van der Waals surface area contributed by atoms with Crippen molar-refractivity contribution in [3.8, 4) is 0 Å². The van der Waals surface area contributed by atoms with Crippen molar-refractivity contribution in [2.24, 2.45) is 0 Å². The van der Waals surface area contributed by atoms with Gasteiger partial charge in [-0.15, -0.1) is 23.8 Å². The van der Waals surface area contributed by atoms with Crippen molar-refractivity contribution in [1.29, 1.82) is 0 Å². The molecule has 1 aromatic carbocycles. The molecule has 0 aliphatic carbocycles. The molecule has 0 aromatic heterocycles. The van der Waals surface area contributed by atoms with E-state index in [2.05, 4.69) is 11.4 Å². The van der Waals surface area contributed by atoms with E-state index in [9.17, 15) is 23.2 Å². The van der Waals surface area contributed by atoms with Gasteiger partial charge >= 0.3 is 21.1 Å². The van der Waals surface area contributed by atoms with Crippen LogP contribution in [0.25, 0.3) is 5.32 Å². The van der Waals surface area contributed by atoms with E-state index in [1.54, 1.807) is 0 Å². The Balaban J connectivity index is 0.00000200. The molecule has 5 nitrogen and oxygen atoms in total. The Labute approximate surface area is 127 Å². The van der Waals surface area contributed by atoms with Crippen molar-refractivity contribution in [3.63, 3.8) is 0 Å². The van der Waals surface area contributed by atoms with Crippen LogP contribution in [0.3, 0.4) is 0 Å². The minimum Gasteiger partial charge on any atom is -0.684 e. The number of rotatable bonds is 2. The first-order chi connectivity index (χ1) is 8.97. The summed E-state index contributed by atoms with van der Waals surface area (Å²) in [6.45, 7) is 0. The van der Waals surface area contributed by atoms with Crippen LogP contribution < -0.4 is 5.32 Å². The molecule has 8 heteroatoms. The summed E-state index contributed by atoms with van der Waals surface area (Å²) in [5, 5.41) is 5.61. The van der Waals surface area contributed by atoms with E-state index in [0.29, 0.717) is 12.1 Å². The number of halogens is 2. The second-order valence-corrected chi connectivity index (χ2v) is 3.94. The Morgan fingerprint density at radius 1 is 1.35 bits per heavy atom. The van der Waals surface area contributed by atoms with E-state index < -0.39 is 35.4 Å². The van der Waals surface area contributed by atoms with Gasteiger partial charge in [0.25, 0.3) is 0 Å². The van der Waals surface area contributed by atoms with Gasteiger partial charge in [0.1, 0.15) is 0 Å². The third-order valence-corrected chi connectivity index (χ3v) is 2.57. The molecule has 1 unspecified atom stereocenters. The summed E-state index contributed by atoms with van der Waals surface area (Å²) in [4.78, 5) is 33.9. The van der Waals surface area contributed by atoms with E-state index in [0.717, 1.165) is 0 Å². The number of hydrogen-bond acceptors (Lipinski definition) is 3. The van der Waals surface area contributed by atoms with E-state index in [-0.39, 0.29) is 39.5 Å². The second kappa shape index (κ2) is 6.70. The second-order valence-electron chi connectivity index (χ2n) is 3.94. The molecule has 0 spiro atoms. The predicted octanol–water partition coefficient (Wildman–Crippen LogP) is 1.08. The van der Waals surface area contributed by atoms with Gasteiger partial charge in [-0.25, -0.2) is 4.39 Å². The molecule has 0 bridgehead atoms. The maximum Gasteiger partial charge on any atom is 2.00 e. The number of benzene rings is 1. The molecular formula is C12H8F2N2O3W. The first-order valence-corrected chi connectivity index (χ1v) is 5.43. The summed E-state index contributed by atoms with van der Waals surface area (Å²) in [6.07, 6.45) is 0.189. The molecule has 1 fully saturated rings. The average Bonchev–Trinajstić information content (AvgIpc) is 2.36. The Hall–Kier alpha value is -1.62. The van der Waals surface area contributed by atoms with Gasteiger partial charge in [0.05, 0.1) is 11.6 Å². The van der Waals surface area contributed by atoms with Crippen LogP contribution in [0, 0.1) is 17.7 Å². The third-order valence-electron chi connectivity index (χ3n) is 2.57. The van der Waals surface area contributed by atoms with Gasteiger partial charge in [-0.05, 0) is 18.4 Å². The first-order valence-electron chi connectivity index (χ1n) is 5.43. The number of piperidine rings is 1. The normalized spacial score (nSPS) is 18.0. The van der Waals surface area contributed by atoms with Gasteiger partial charge in [-0.1, -0.05) is 0 Å². The molecular weight excluding hydrogens is 442 g/mol. The molecule has 104 valence electrons. The fourth-order valence-electron chi connectivity index (χ4n) is 1.59. The molecule has 1 N–H and O–H groups in total. The quantitative estimate of drug-likeness (QED) is 0.542. The molecule has 2 rings (SSSR count). The van der Waals surface area contributed by atoms with E-state index in [1.165, 1.54) is 0 Å². The van der Waals surface area contributed by atoms with Crippen molar-refractivity contribution < 1.29 is 44.2 Å². The number of carbonyl (C=O) groups is 3. The van der Waals surface area contributed by atoms with Crippen molar-refractivity contribution in [1.82, 2.24) is 5.32 Å². The molecule has 1 aliphatic rings. The van der Waals surface area contributed by atoms with Gasteiger partial charge in [-0.3, -0.25) is 19.3 Å². The number of hydrogen-bond donors (Lipinski definition) is 1. The minimum absolute atomic E-state index is 0. The van der Waals surface area contributed by atoms with E-state index in [4.69, 9.17) is 0 Å². The summed E-state index contributed by atoms with van der Waals surface area (Å²) in [5.41, 5.74) is -0.274. The Morgan fingerprint density at radius 2 is 2.05 bits per heavy atom. The molecule has 1 aromatic rings. The predicted molar refractivity (Wildman–Crippen MR) is 59.1 cm³/mol. The fourth-order valence-corrected chi connectivity index (χ4v) is 1.59. The standard InChI is InChI=1S/C12H9F2N2O3.W/c13-7-2-1-6(5-8(7)14)11(18)15-9-3-4-10(17)16-12(9)19;/h2,5,9H,3-4H2,(H2,15,16,17,18,19);/q-1;+2/p-1. The van der Waals surface area contributed by atoms with Crippen LogP contribution in [0.4, 0.5) is 8.78 Å². The Bertz CT molecular complexity index is 566. The number of carbonyl (C=O) groups excluding carboxylic acids is 3. The molecule has 1 atom stereocenters. The van der Waals surface area contributed by atoms with Crippen molar-refractivity contribution in [3.05, 3.63) is 40.7 Å². The summed E-state index contributed by atoms with van der Waals surface area (Å²) in [6, 6.07) is 2.58. The molecule has 0 saturated carbocycles. The van der Waals surface area contributed by atoms with E-state index >= 15 is 0 Å². The van der Waals surface area contributed by atoms with Crippen molar-refractivity contribution in [2.75, 3.05) is 0 Å². The first kappa shape index (κ1) is 16.4. The van der Waals surface area contributed by atoms with Gasteiger partial charge < -0.3 is 10.1 Å². The molecule has 0 radical (unpaired) electrons. The Morgan fingerprint density at radius 3 is 2.65 bits per heavy atom. The number of amides is 3. The zero-order chi connectivity index (χ0) is 14.0. The SMILES string of the molecule is O=C1CCC([N-]C(=O)c2[c-]cc(F)c(F)c2)C(=O)N1.[W+2]. The molecule has 20 heavy (non-hydrogen) atoms. The summed E-state index contributed by atoms with van der Waals surface area (Å²) in [7, 11) is 0. The molecule has 1 heterocycles. The van der Waals surface area contributed by atoms with Crippen molar-refractivity contribution >= 4 is 17.7 Å². The zero-order valence-electron chi connectivity index (χ0n) is 9.98. The summed E-state index contributed by atoms with van der Waals surface area (Å²) < 4.78 is 25.6. The van der Waals surface area contributed by atoms with Gasteiger partial charge in [0.15, 0.2) is 0 Å². The van der Waals surface area contributed by atoms with E-state index in [1.807, 2.05) is 5.32 Å². The smallest absolute Gasteiger partial charge is 0.684 e.